The Morgan fingerprint density at radius 1 is 0.125 bits per heavy atom. The van der Waals surface area contributed by atoms with Gasteiger partial charge in [0.25, 0.3) is 0 Å². The van der Waals surface area contributed by atoms with Gasteiger partial charge >= 0.3 is 0 Å². The number of hydrogen-bond acceptors (Lipinski definition) is 0. The van der Waals surface area contributed by atoms with Gasteiger partial charge in [-0.3, -0.25) is 0 Å². The lowest BCUT2D eigenvalue weighted by Crippen LogP contribution is -3.23. The molecule has 8 aliphatic heterocycles. The maximum Gasteiger partial charge on any atom is 0.0425 e. The van der Waals surface area contributed by atoms with Crippen molar-refractivity contribution >= 4 is 111 Å². The van der Waals surface area contributed by atoms with Gasteiger partial charge in [0.05, 0.1) is 0 Å². The van der Waals surface area contributed by atoms with Crippen molar-refractivity contribution in [2.45, 2.75) is 413 Å². The van der Waals surface area contributed by atoms with Crippen LogP contribution in [0.3, 0.4) is 0 Å². The van der Waals surface area contributed by atoms with Crippen molar-refractivity contribution in [2.24, 2.45) is 0 Å². The summed E-state index contributed by atoms with van der Waals surface area (Å²) in [7, 11) is -22.2. The molecule has 0 aromatic carbocycles. The summed E-state index contributed by atoms with van der Waals surface area (Å²) in [5.74, 6) is 0. The minimum absolute atomic E-state index is 0.416. The van der Waals surface area contributed by atoms with Crippen molar-refractivity contribution in [1.29, 1.82) is 0 Å². The van der Waals surface area contributed by atoms with Crippen LogP contribution >= 0.6 is 0 Å². The summed E-state index contributed by atoms with van der Waals surface area (Å²) in [4.78, 5) is 0. The number of hydrogen-bond donors (Lipinski definition) is 0. The summed E-state index contributed by atoms with van der Waals surface area (Å²) in [5, 5.41) is 6.68. The van der Waals surface area contributed by atoms with E-state index in [1.807, 2.05) is 0 Å². The van der Waals surface area contributed by atoms with Gasteiger partial charge in [0.15, 0.2) is 0 Å². The molecule has 0 saturated carbocycles. The van der Waals surface area contributed by atoms with Crippen LogP contribution in [-0.4, -0.2) is 111 Å². The van der Waals surface area contributed by atoms with Crippen LogP contribution in [0, 0.1) is 0 Å². The molecule has 4 spiro atoms. The predicted molar refractivity (Wildman–Crippen MR) is 408 cm³/mol. The third-order valence-corrected chi connectivity index (χ3v) is 685. The van der Waals surface area contributed by atoms with Gasteiger partial charge in [0.1, 0.15) is 0 Å². The molecule has 0 aliphatic carbocycles. The second-order valence-corrected chi connectivity index (χ2v) is 248. The quantitative estimate of drug-likeness (QED) is 0.212. The van der Waals surface area contributed by atoms with Gasteiger partial charge < -0.3 is 0 Å². The van der Waals surface area contributed by atoms with E-state index in [4.69, 9.17) is 0 Å². The lowest BCUT2D eigenvalue weighted by molar-refractivity contribution is 0.601. The number of rotatable bonds is 0. The molecule has 80 heavy (non-hydrogen) atoms. The minimum Gasteiger partial charge on any atom is -0.0630 e. The first-order valence-electron chi connectivity index (χ1n) is 33.5. The molecule has 8 aliphatic rings. The van der Waals surface area contributed by atoms with Crippen molar-refractivity contribution in [2.75, 3.05) is 0 Å². The molecule has 0 nitrogen and oxygen atoms in total. The summed E-state index contributed by atoms with van der Waals surface area (Å²) in [6.07, 6.45) is -9.13. The average Bonchev–Trinajstić information content (AvgIpc) is 3.40. The highest BCUT2D eigenvalue weighted by Crippen LogP contribution is 3.04. The Balaban J connectivity index is 2.32. The molecule has 464 valence electrons. The molecular formula is C64H144Si16. The molecule has 8 rings (SSSR count). The van der Waals surface area contributed by atoms with Gasteiger partial charge in [-0.1, -0.05) is 332 Å². The van der Waals surface area contributed by atoms with Crippen LogP contribution in [0.1, 0.15) is 332 Å². The van der Waals surface area contributed by atoms with Crippen LogP contribution in [-0.2, 0) is 0 Å². The first-order valence-corrected chi connectivity index (χ1v) is 85.5. The standard InChI is InChI=1S/C64H144Si16/c1-49(2,3)69(50(4,5)6)65-77(73(69,57(25,26)27)58(28,29)30)66-70(51(7,8)9,52(10,11)12)76(63(43,44)45,64(46,47)48)80(66)68-72(55(19,20)21,56(22,23)24)75(61(37,38)39,62(40,41)42)79(68,77)67-71(53(13,14)15,54(16,17)18)74(59(31,32)33,60(34,35)36)78(65,67)80/h1-48H3. The fourth-order valence-electron chi connectivity index (χ4n) is 35.1. The zero-order valence-corrected chi connectivity index (χ0v) is 80.0. The molecule has 8 fully saturated rings. The maximum absolute atomic E-state index is 3.21. The van der Waals surface area contributed by atoms with Crippen molar-refractivity contribution in [3.05, 3.63) is 0 Å². The topological polar surface area (TPSA) is 0 Å². The molecule has 0 N–H and O–H groups in total. The van der Waals surface area contributed by atoms with E-state index < -0.39 is 111 Å². The fraction of sp³-hybridized carbons (Fsp3) is 1.00. The Morgan fingerprint density at radius 2 is 0.200 bits per heavy atom. The van der Waals surface area contributed by atoms with Gasteiger partial charge in [0.2, 0.25) is 0 Å². The lowest BCUT2D eigenvalue weighted by Gasteiger charge is -2.96. The Hall–Kier alpha value is 3.47. The van der Waals surface area contributed by atoms with Crippen LogP contribution in [0.4, 0.5) is 0 Å². The normalized spacial score (nSPS) is 33.3. The SMILES string of the molecule is CC(C)(C)[Si]1(C(C)(C)C)[Si]2[Si]3([Si]4[Si](C(C)(C)C)(C(C)(C)C)[Si](C(C)(C)C)(C(C)(C)C)[Si]45[Si]4[Si](C(C)(C)C)(C(C)(C)C)[Si](C(C)(C)C)(C(C)(C)C)[Si]43[Si]3[Si](C(C)(C)C)(C(C)(C)C)[Si](C(C)(C)C)(C(C)(C)C)[Si]235)[Si]1(C(C)(C)C)C(C)(C)C. The summed E-state index contributed by atoms with van der Waals surface area (Å²) in [6, 6.07) is 0. The first kappa shape index (κ1) is 70.9. The molecule has 4 radical (unpaired) electrons. The zero-order valence-electron chi connectivity index (χ0n) is 64.0. The van der Waals surface area contributed by atoms with Crippen molar-refractivity contribution in [3.63, 3.8) is 0 Å². The second-order valence-electron chi connectivity index (χ2n) is 46.5. The van der Waals surface area contributed by atoms with E-state index >= 15 is 0 Å². The fourth-order valence-corrected chi connectivity index (χ4v) is 1930. The van der Waals surface area contributed by atoms with Gasteiger partial charge in [-0.05, 0) is 80.6 Å². The summed E-state index contributed by atoms with van der Waals surface area (Å²) < 4.78 is 0. The van der Waals surface area contributed by atoms with E-state index in [1.54, 1.807) is 0 Å². The second kappa shape index (κ2) is 16.3. The molecule has 0 atom stereocenters. The predicted octanol–water partition coefficient (Wildman–Crippen LogP) is 22.0. The van der Waals surface area contributed by atoms with Crippen LogP contribution in [0.25, 0.3) is 0 Å². The Morgan fingerprint density at radius 3 is 0.250 bits per heavy atom. The molecule has 8 heterocycles. The molecule has 0 unspecified atom stereocenters. The molecule has 0 aromatic heterocycles. The molecule has 0 amide bonds. The van der Waals surface area contributed by atoms with Crippen LogP contribution in [0.5, 0.6) is 0 Å². The molecule has 0 aromatic rings. The monoisotopic (exact) mass is 1360 g/mol. The summed E-state index contributed by atoms with van der Waals surface area (Å²) in [5.41, 5.74) is 0. The molecule has 4 bridgehead atoms. The van der Waals surface area contributed by atoms with Crippen molar-refractivity contribution in [1.82, 2.24) is 0 Å². The van der Waals surface area contributed by atoms with Crippen LogP contribution < -0.4 is 0 Å². The van der Waals surface area contributed by atoms with E-state index in [1.165, 1.54) is 0 Å². The zero-order chi connectivity index (χ0) is 64.3. The highest BCUT2D eigenvalue weighted by atomic mass is 31.2. The maximum atomic E-state index is 3.21. The average molecular weight is 1360 g/mol. The van der Waals surface area contributed by atoms with Crippen molar-refractivity contribution < 1.29 is 0 Å². The van der Waals surface area contributed by atoms with E-state index in [-0.39, 0.29) is 0 Å². The van der Waals surface area contributed by atoms with Gasteiger partial charge in [0, 0.05) is 111 Å². The van der Waals surface area contributed by atoms with Crippen LogP contribution in [0.15, 0.2) is 0 Å². The Labute approximate surface area is 519 Å². The van der Waals surface area contributed by atoms with Gasteiger partial charge in [-0.15, -0.1) is 0 Å². The Kier molecular flexibility index (Phi) is 14.4. The summed E-state index contributed by atoms with van der Waals surface area (Å²) in [6.45, 7) is 153. The molecule has 8 saturated heterocycles. The summed E-state index contributed by atoms with van der Waals surface area (Å²) >= 11 is 0. The lowest BCUT2D eigenvalue weighted by atomic mass is 10.2. The minimum atomic E-state index is -2.43. The third kappa shape index (κ3) is 5.51. The van der Waals surface area contributed by atoms with Crippen molar-refractivity contribution in [3.8, 4) is 0 Å². The highest BCUT2D eigenvalue weighted by molar-refractivity contribution is 8.89. The van der Waals surface area contributed by atoms with Gasteiger partial charge in [-0.25, -0.2) is 0 Å². The first-order chi connectivity index (χ1) is 34.0. The molecular weight excluding hydrogens is 1220 g/mol. The van der Waals surface area contributed by atoms with E-state index in [0.29, 0.717) is 80.6 Å². The third-order valence-electron chi connectivity index (χ3n) is 28.1. The van der Waals surface area contributed by atoms with E-state index in [9.17, 15) is 0 Å². The van der Waals surface area contributed by atoms with E-state index in [0.717, 1.165) is 0 Å². The smallest absolute Gasteiger partial charge is 0.0425 e. The Bertz CT molecular complexity index is 2090. The highest BCUT2D eigenvalue weighted by Gasteiger charge is 3.31. The van der Waals surface area contributed by atoms with Crippen LogP contribution in [0.2, 0.25) is 80.6 Å². The largest absolute Gasteiger partial charge is 0.0630 e. The molecule has 16 heteroatoms. The van der Waals surface area contributed by atoms with E-state index in [2.05, 4.69) is 332 Å². The van der Waals surface area contributed by atoms with Gasteiger partial charge in [-0.2, -0.15) is 0 Å².